The van der Waals surface area contributed by atoms with Crippen LogP contribution in [0.25, 0.3) is 11.0 Å². The summed E-state index contributed by atoms with van der Waals surface area (Å²) in [6, 6.07) is 3.99. The monoisotopic (exact) mass is 315 g/mol. The van der Waals surface area contributed by atoms with Crippen molar-refractivity contribution in [1.29, 1.82) is 0 Å². The average molecular weight is 315 g/mol. The summed E-state index contributed by atoms with van der Waals surface area (Å²) >= 11 is 0. The third kappa shape index (κ3) is 3.92. The number of halogens is 1. The van der Waals surface area contributed by atoms with E-state index in [9.17, 15) is 17.6 Å². The topological polar surface area (TPSA) is 84.0 Å². The zero-order valence-corrected chi connectivity index (χ0v) is 12.5. The van der Waals surface area contributed by atoms with Crippen molar-refractivity contribution >= 4 is 21.1 Å². The van der Waals surface area contributed by atoms with Crippen molar-refractivity contribution in [1.82, 2.24) is 14.3 Å². The molecule has 2 rings (SSSR count). The van der Waals surface area contributed by atoms with Gasteiger partial charge in [-0.15, -0.1) is 0 Å². The number of rotatable bonds is 7. The number of fused-ring (bicyclic) bond motifs is 1. The van der Waals surface area contributed by atoms with Crippen LogP contribution in [-0.4, -0.2) is 30.3 Å². The van der Waals surface area contributed by atoms with E-state index in [4.69, 9.17) is 0 Å². The van der Waals surface area contributed by atoms with Gasteiger partial charge in [0.15, 0.2) is 0 Å². The van der Waals surface area contributed by atoms with E-state index < -0.39 is 15.8 Å². The summed E-state index contributed by atoms with van der Waals surface area (Å²) in [4.78, 5) is 14.3. The number of unbranched alkanes of at least 4 members (excludes halogenated alkanes) is 1. The van der Waals surface area contributed by atoms with Crippen LogP contribution in [0.3, 0.4) is 0 Å². The van der Waals surface area contributed by atoms with Crippen LogP contribution in [0.5, 0.6) is 0 Å². The Bertz CT molecular complexity index is 780. The molecule has 0 bridgehead atoms. The number of hydrogen-bond donors (Lipinski definition) is 2. The molecule has 2 N–H and O–H groups in total. The lowest BCUT2D eigenvalue weighted by atomic mass is 10.3. The van der Waals surface area contributed by atoms with Crippen LogP contribution in [0.1, 0.15) is 19.8 Å². The highest BCUT2D eigenvalue weighted by Gasteiger charge is 2.11. The molecule has 2 aromatic rings. The molecule has 0 aliphatic carbocycles. The predicted molar refractivity (Wildman–Crippen MR) is 79.2 cm³/mol. The minimum absolute atomic E-state index is 0.0808. The Morgan fingerprint density at radius 1 is 1.38 bits per heavy atom. The van der Waals surface area contributed by atoms with Gasteiger partial charge >= 0.3 is 5.69 Å². The van der Waals surface area contributed by atoms with Gasteiger partial charge in [-0.1, -0.05) is 13.3 Å². The molecule has 0 aliphatic rings. The first kappa shape index (κ1) is 15.7. The lowest BCUT2D eigenvalue weighted by Gasteiger charge is -2.07. The van der Waals surface area contributed by atoms with E-state index in [-0.39, 0.29) is 24.5 Å². The van der Waals surface area contributed by atoms with Gasteiger partial charge in [0.2, 0.25) is 10.0 Å². The van der Waals surface area contributed by atoms with Crippen LogP contribution >= 0.6 is 0 Å². The van der Waals surface area contributed by atoms with Crippen molar-refractivity contribution in [3.8, 4) is 0 Å². The van der Waals surface area contributed by atoms with Crippen molar-refractivity contribution in [2.24, 2.45) is 0 Å². The maximum absolute atomic E-state index is 13.1. The van der Waals surface area contributed by atoms with Crippen molar-refractivity contribution in [2.45, 2.75) is 26.3 Å². The van der Waals surface area contributed by atoms with E-state index in [0.717, 1.165) is 6.42 Å². The molecule has 1 aromatic carbocycles. The fourth-order valence-corrected chi connectivity index (χ4v) is 3.29. The van der Waals surface area contributed by atoms with Crippen molar-refractivity contribution in [3.63, 3.8) is 0 Å². The second-order valence-corrected chi connectivity index (χ2v) is 6.74. The van der Waals surface area contributed by atoms with Crippen LogP contribution in [-0.2, 0) is 16.6 Å². The van der Waals surface area contributed by atoms with Crippen LogP contribution in [0.2, 0.25) is 0 Å². The number of sulfonamides is 1. The van der Waals surface area contributed by atoms with E-state index in [2.05, 4.69) is 9.71 Å². The minimum Gasteiger partial charge on any atom is -0.305 e. The molecule has 1 heterocycles. The maximum Gasteiger partial charge on any atom is 0.326 e. The van der Waals surface area contributed by atoms with Crippen LogP contribution in [0, 0.1) is 5.82 Å². The smallest absolute Gasteiger partial charge is 0.305 e. The second-order valence-electron chi connectivity index (χ2n) is 4.81. The molecular formula is C13H18FN3O3S. The van der Waals surface area contributed by atoms with Gasteiger partial charge in [0.25, 0.3) is 0 Å². The van der Waals surface area contributed by atoms with E-state index in [1.165, 1.54) is 22.8 Å². The number of imidazole rings is 1. The molecule has 1 aromatic heterocycles. The number of aromatic amines is 1. The van der Waals surface area contributed by atoms with E-state index in [0.29, 0.717) is 17.5 Å². The van der Waals surface area contributed by atoms with Gasteiger partial charge in [-0.05, 0) is 24.6 Å². The summed E-state index contributed by atoms with van der Waals surface area (Å²) in [7, 11) is -3.31. The van der Waals surface area contributed by atoms with E-state index in [1.807, 2.05) is 6.92 Å². The third-order valence-corrected chi connectivity index (χ3v) is 4.63. The number of H-pyrrole nitrogens is 1. The summed E-state index contributed by atoms with van der Waals surface area (Å²) in [6.07, 6.45) is 1.40. The molecule has 6 nitrogen and oxygen atoms in total. The Kier molecular flexibility index (Phi) is 4.79. The van der Waals surface area contributed by atoms with Gasteiger partial charge in [0.1, 0.15) is 5.82 Å². The summed E-state index contributed by atoms with van der Waals surface area (Å²) in [5.74, 6) is -0.353. The van der Waals surface area contributed by atoms with Gasteiger partial charge in [-0.25, -0.2) is 22.3 Å². The molecule has 0 saturated heterocycles. The molecule has 0 fully saturated rings. The van der Waals surface area contributed by atoms with Crippen molar-refractivity contribution in [3.05, 3.63) is 34.5 Å². The SMILES string of the molecule is CCCCS(=O)(=O)NCCn1c(=O)[nH]c2cc(F)ccc21. The highest BCUT2D eigenvalue weighted by Crippen LogP contribution is 2.11. The van der Waals surface area contributed by atoms with E-state index >= 15 is 0 Å². The molecule has 0 radical (unpaired) electrons. The Hall–Kier alpha value is -1.67. The molecule has 0 spiro atoms. The molecule has 0 saturated carbocycles. The van der Waals surface area contributed by atoms with Crippen LogP contribution in [0.15, 0.2) is 23.0 Å². The Morgan fingerprint density at radius 3 is 2.86 bits per heavy atom. The van der Waals surface area contributed by atoms with Crippen LogP contribution < -0.4 is 10.4 Å². The summed E-state index contributed by atoms with van der Waals surface area (Å²) < 4.78 is 40.2. The average Bonchev–Trinajstić information content (AvgIpc) is 2.72. The molecule has 116 valence electrons. The first-order valence-corrected chi connectivity index (χ1v) is 8.43. The highest BCUT2D eigenvalue weighted by molar-refractivity contribution is 7.89. The quantitative estimate of drug-likeness (QED) is 0.805. The predicted octanol–water partition coefficient (Wildman–Crippen LogP) is 1.19. The van der Waals surface area contributed by atoms with Gasteiger partial charge < -0.3 is 4.98 Å². The van der Waals surface area contributed by atoms with Crippen molar-refractivity contribution in [2.75, 3.05) is 12.3 Å². The van der Waals surface area contributed by atoms with Crippen LogP contribution in [0.4, 0.5) is 4.39 Å². The number of nitrogens with zero attached hydrogens (tertiary/aromatic N) is 1. The second kappa shape index (κ2) is 6.40. The molecule has 0 atom stereocenters. The normalized spacial score (nSPS) is 12.1. The molecule has 8 heteroatoms. The summed E-state index contributed by atoms with van der Waals surface area (Å²) in [5, 5.41) is 0. The summed E-state index contributed by atoms with van der Waals surface area (Å²) in [5.41, 5.74) is 0.561. The summed E-state index contributed by atoms with van der Waals surface area (Å²) in [6.45, 7) is 2.23. The Labute approximate surface area is 122 Å². The third-order valence-electron chi connectivity index (χ3n) is 3.16. The number of hydrogen-bond acceptors (Lipinski definition) is 3. The number of aromatic nitrogens is 2. The molecule has 0 unspecified atom stereocenters. The lowest BCUT2D eigenvalue weighted by Crippen LogP contribution is -2.31. The standard InChI is InChI=1S/C13H18FN3O3S/c1-2-3-8-21(19,20)15-6-7-17-12-5-4-10(14)9-11(12)16-13(17)18/h4-5,9,15H,2-3,6-8H2,1H3,(H,16,18). The molecule has 0 amide bonds. The molecule has 0 aliphatic heterocycles. The van der Waals surface area contributed by atoms with Crippen molar-refractivity contribution < 1.29 is 12.8 Å². The maximum atomic E-state index is 13.1. The van der Waals surface area contributed by atoms with E-state index in [1.54, 1.807) is 0 Å². The lowest BCUT2D eigenvalue weighted by molar-refractivity contribution is 0.569. The number of benzene rings is 1. The van der Waals surface area contributed by atoms with Gasteiger partial charge in [-0.3, -0.25) is 4.57 Å². The zero-order chi connectivity index (χ0) is 15.5. The Balaban J connectivity index is 2.07. The first-order valence-electron chi connectivity index (χ1n) is 6.78. The molecular weight excluding hydrogens is 297 g/mol. The largest absolute Gasteiger partial charge is 0.326 e. The fourth-order valence-electron chi connectivity index (χ4n) is 2.08. The van der Waals surface area contributed by atoms with Gasteiger partial charge in [-0.2, -0.15) is 0 Å². The number of nitrogens with one attached hydrogen (secondary N) is 2. The first-order chi connectivity index (χ1) is 9.93. The fraction of sp³-hybridized carbons (Fsp3) is 0.462. The van der Waals surface area contributed by atoms with Gasteiger partial charge in [0.05, 0.1) is 16.8 Å². The Morgan fingerprint density at radius 2 is 2.14 bits per heavy atom. The highest BCUT2D eigenvalue weighted by atomic mass is 32.2. The molecule has 21 heavy (non-hydrogen) atoms. The van der Waals surface area contributed by atoms with Gasteiger partial charge in [0, 0.05) is 13.1 Å². The zero-order valence-electron chi connectivity index (χ0n) is 11.7. The minimum atomic E-state index is -3.31.